The maximum Gasteiger partial charge on any atom is 0.223 e. The smallest absolute Gasteiger partial charge is 0.223 e. The number of aromatic nitrogens is 2. The van der Waals surface area contributed by atoms with Gasteiger partial charge in [0.2, 0.25) is 5.95 Å². The van der Waals surface area contributed by atoms with Crippen LogP contribution in [0.25, 0.3) is 11.3 Å². The van der Waals surface area contributed by atoms with E-state index in [-0.39, 0.29) is 0 Å². The van der Waals surface area contributed by atoms with Gasteiger partial charge in [-0.3, -0.25) is 0 Å². The van der Waals surface area contributed by atoms with E-state index in [9.17, 15) is 0 Å². The van der Waals surface area contributed by atoms with Crippen molar-refractivity contribution in [3.8, 4) is 22.8 Å². The van der Waals surface area contributed by atoms with Crippen molar-refractivity contribution in [3.63, 3.8) is 0 Å². The molecule has 0 radical (unpaired) electrons. The molecule has 100 valence electrons. The van der Waals surface area contributed by atoms with Gasteiger partial charge in [0.15, 0.2) is 0 Å². The number of hydrogen-bond acceptors (Lipinski definition) is 5. The lowest BCUT2D eigenvalue weighted by molar-refractivity contribution is 0.394. The average Bonchev–Trinajstić information content (AvgIpc) is 2.47. The Balaban J connectivity index is 2.42. The van der Waals surface area contributed by atoms with Gasteiger partial charge in [0.25, 0.3) is 0 Å². The molecule has 0 spiro atoms. The summed E-state index contributed by atoms with van der Waals surface area (Å²) in [4.78, 5) is 8.61. The van der Waals surface area contributed by atoms with E-state index in [1.54, 1.807) is 20.4 Å². The summed E-state index contributed by atoms with van der Waals surface area (Å²) in [5, 5.41) is 3.09. The number of methoxy groups -OCH3 is 2. The van der Waals surface area contributed by atoms with E-state index < -0.39 is 0 Å². The van der Waals surface area contributed by atoms with Crippen LogP contribution in [0.15, 0.2) is 30.5 Å². The molecule has 0 aliphatic rings. The minimum Gasteiger partial charge on any atom is -0.497 e. The summed E-state index contributed by atoms with van der Waals surface area (Å²) in [5.74, 6) is 2.08. The van der Waals surface area contributed by atoms with Crippen LogP contribution >= 0.6 is 0 Å². The van der Waals surface area contributed by atoms with E-state index in [1.165, 1.54) is 0 Å². The molecule has 2 rings (SSSR count). The molecule has 0 saturated carbocycles. The summed E-state index contributed by atoms with van der Waals surface area (Å²) in [5.41, 5.74) is 1.75. The standard InChI is InChI=1S/C14H17N3O2/c1-4-15-14-16-6-5-13(17-14)10-7-11(18-2)9-12(8-10)19-3/h5-9H,4H2,1-3H3,(H,15,16,17). The first-order valence-corrected chi connectivity index (χ1v) is 6.07. The molecule has 5 nitrogen and oxygen atoms in total. The van der Waals surface area contributed by atoms with Gasteiger partial charge in [-0.05, 0) is 25.1 Å². The maximum absolute atomic E-state index is 5.26. The highest BCUT2D eigenvalue weighted by atomic mass is 16.5. The Morgan fingerprint density at radius 2 is 1.79 bits per heavy atom. The van der Waals surface area contributed by atoms with E-state index in [0.717, 1.165) is 29.3 Å². The zero-order chi connectivity index (χ0) is 13.7. The molecular formula is C14H17N3O2. The van der Waals surface area contributed by atoms with Crippen LogP contribution in [0.2, 0.25) is 0 Å². The molecule has 0 amide bonds. The highest BCUT2D eigenvalue weighted by Crippen LogP contribution is 2.28. The van der Waals surface area contributed by atoms with Crippen molar-refractivity contribution < 1.29 is 9.47 Å². The summed E-state index contributed by atoms with van der Waals surface area (Å²) in [6.45, 7) is 2.79. The van der Waals surface area contributed by atoms with E-state index in [1.807, 2.05) is 31.2 Å². The fourth-order valence-corrected chi connectivity index (χ4v) is 1.72. The second-order valence-corrected chi connectivity index (χ2v) is 3.90. The third-order valence-corrected chi connectivity index (χ3v) is 2.64. The lowest BCUT2D eigenvalue weighted by Crippen LogP contribution is -2.02. The fraction of sp³-hybridized carbons (Fsp3) is 0.286. The van der Waals surface area contributed by atoms with Crippen molar-refractivity contribution in [2.24, 2.45) is 0 Å². The molecule has 0 bridgehead atoms. The zero-order valence-electron chi connectivity index (χ0n) is 11.3. The number of nitrogens with one attached hydrogen (secondary N) is 1. The van der Waals surface area contributed by atoms with Crippen LogP contribution in [0.1, 0.15) is 6.92 Å². The quantitative estimate of drug-likeness (QED) is 0.894. The van der Waals surface area contributed by atoms with E-state index in [0.29, 0.717) is 5.95 Å². The fourth-order valence-electron chi connectivity index (χ4n) is 1.72. The van der Waals surface area contributed by atoms with Gasteiger partial charge in [-0.25, -0.2) is 9.97 Å². The average molecular weight is 259 g/mol. The molecule has 1 heterocycles. The van der Waals surface area contributed by atoms with Gasteiger partial charge >= 0.3 is 0 Å². The molecule has 5 heteroatoms. The van der Waals surface area contributed by atoms with Crippen molar-refractivity contribution in [2.45, 2.75) is 6.92 Å². The van der Waals surface area contributed by atoms with Gasteiger partial charge in [0.05, 0.1) is 19.9 Å². The van der Waals surface area contributed by atoms with Crippen molar-refractivity contribution in [2.75, 3.05) is 26.1 Å². The predicted octanol–water partition coefficient (Wildman–Crippen LogP) is 2.59. The largest absolute Gasteiger partial charge is 0.497 e. The highest BCUT2D eigenvalue weighted by molar-refractivity contribution is 5.64. The summed E-state index contributed by atoms with van der Waals surface area (Å²) in [7, 11) is 3.26. The summed E-state index contributed by atoms with van der Waals surface area (Å²) in [6.07, 6.45) is 1.73. The normalized spacial score (nSPS) is 10.1. The number of rotatable bonds is 5. The third kappa shape index (κ3) is 3.13. The Kier molecular flexibility index (Phi) is 4.18. The molecule has 1 aromatic heterocycles. The second kappa shape index (κ2) is 6.04. The van der Waals surface area contributed by atoms with Gasteiger partial charge in [-0.15, -0.1) is 0 Å². The zero-order valence-corrected chi connectivity index (χ0v) is 11.3. The Labute approximate surface area is 112 Å². The third-order valence-electron chi connectivity index (χ3n) is 2.64. The topological polar surface area (TPSA) is 56.3 Å². The molecule has 0 aliphatic heterocycles. The van der Waals surface area contributed by atoms with Gasteiger partial charge < -0.3 is 14.8 Å². The highest BCUT2D eigenvalue weighted by Gasteiger charge is 2.06. The second-order valence-electron chi connectivity index (χ2n) is 3.90. The van der Waals surface area contributed by atoms with E-state index >= 15 is 0 Å². The minimum atomic E-state index is 0.613. The first-order valence-electron chi connectivity index (χ1n) is 6.07. The Hall–Kier alpha value is -2.30. The molecule has 1 N–H and O–H groups in total. The maximum atomic E-state index is 5.26. The molecule has 0 aliphatic carbocycles. The lowest BCUT2D eigenvalue weighted by Gasteiger charge is -2.09. The van der Waals surface area contributed by atoms with Crippen LogP contribution in [0.5, 0.6) is 11.5 Å². The predicted molar refractivity (Wildman–Crippen MR) is 74.7 cm³/mol. The molecule has 2 aromatic rings. The van der Waals surface area contributed by atoms with Gasteiger partial charge in [0, 0.05) is 24.4 Å². The van der Waals surface area contributed by atoms with E-state index in [2.05, 4.69) is 15.3 Å². The molecule has 0 fully saturated rings. The van der Waals surface area contributed by atoms with Crippen LogP contribution in [-0.4, -0.2) is 30.7 Å². The number of hydrogen-bond donors (Lipinski definition) is 1. The number of ether oxygens (including phenoxy) is 2. The van der Waals surface area contributed by atoms with Crippen LogP contribution in [0.3, 0.4) is 0 Å². The molecule has 1 aromatic carbocycles. The van der Waals surface area contributed by atoms with Gasteiger partial charge in [-0.1, -0.05) is 0 Å². The Morgan fingerprint density at radius 3 is 2.37 bits per heavy atom. The lowest BCUT2D eigenvalue weighted by atomic mass is 10.1. The van der Waals surface area contributed by atoms with Crippen LogP contribution in [-0.2, 0) is 0 Å². The Bertz CT molecular complexity index is 536. The van der Waals surface area contributed by atoms with Crippen LogP contribution < -0.4 is 14.8 Å². The molecule has 0 saturated heterocycles. The number of nitrogens with zero attached hydrogens (tertiary/aromatic N) is 2. The first-order chi connectivity index (χ1) is 9.26. The molecule has 0 atom stereocenters. The Morgan fingerprint density at radius 1 is 1.11 bits per heavy atom. The number of anilines is 1. The van der Waals surface area contributed by atoms with Gasteiger partial charge in [0.1, 0.15) is 11.5 Å². The SMILES string of the molecule is CCNc1nccc(-c2cc(OC)cc(OC)c2)n1. The summed E-state index contributed by atoms with van der Waals surface area (Å²) >= 11 is 0. The van der Waals surface area contributed by atoms with Crippen molar-refractivity contribution in [1.82, 2.24) is 9.97 Å². The van der Waals surface area contributed by atoms with Crippen LogP contribution in [0, 0.1) is 0 Å². The van der Waals surface area contributed by atoms with E-state index in [4.69, 9.17) is 9.47 Å². The summed E-state index contributed by atoms with van der Waals surface area (Å²) < 4.78 is 10.5. The van der Waals surface area contributed by atoms with Crippen molar-refractivity contribution in [1.29, 1.82) is 0 Å². The number of benzene rings is 1. The monoisotopic (exact) mass is 259 g/mol. The molecular weight excluding hydrogens is 242 g/mol. The van der Waals surface area contributed by atoms with Gasteiger partial charge in [-0.2, -0.15) is 0 Å². The first kappa shape index (κ1) is 13.1. The van der Waals surface area contributed by atoms with Crippen LogP contribution in [0.4, 0.5) is 5.95 Å². The van der Waals surface area contributed by atoms with Crippen molar-refractivity contribution in [3.05, 3.63) is 30.5 Å². The minimum absolute atomic E-state index is 0.613. The van der Waals surface area contributed by atoms with Crippen molar-refractivity contribution >= 4 is 5.95 Å². The molecule has 0 unspecified atom stereocenters. The summed E-state index contributed by atoms with van der Waals surface area (Å²) in [6, 6.07) is 7.52. The molecule has 19 heavy (non-hydrogen) atoms.